The second kappa shape index (κ2) is 6.34. The van der Waals surface area contributed by atoms with Crippen LogP contribution in [0.25, 0.3) is 0 Å². The minimum absolute atomic E-state index is 0.0342. The van der Waals surface area contributed by atoms with E-state index >= 15 is 0 Å². The molecule has 1 aliphatic heterocycles. The zero-order valence-corrected chi connectivity index (χ0v) is 14.7. The molecule has 2 amide bonds. The van der Waals surface area contributed by atoms with Crippen molar-refractivity contribution in [3.05, 3.63) is 57.0 Å². The Morgan fingerprint density at radius 1 is 1.22 bits per heavy atom. The molecule has 0 saturated heterocycles. The Morgan fingerprint density at radius 2 is 1.91 bits per heavy atom. The van der Waals surface area contributed by atoms with Gasteiger partial charge in [0.1, 0.15) is 0 Å². The maximum Gasteiger partial charge on any atom is 0.255 e. The number of halogens is 2. The quantitative estimate of drug-likeness (QED) is 0.828. The van der Waals surface area contributed by atoms with Gasteiger partial charge in [-0.2, -0.15) is 0 Å². The molecular weight excluding hydrogens is 380 g/mol. The van der Waals surface area contributed by atoms with Crippen LogP contribution in [0.15, 0.2) is 40.9 Å². The molecule has 0 saturated carbocycles. The Hall–Kier alpha value is -1.85. The standard InChI is InChI=1S/C17H14BrClN2O2/c1-10(22)21-7-6-12-8-13(18)9-15(16(12)21)20-17(23)11-2-4-14(19)5-3-11/h2-5,8-9H,6-7H2,1H3,(H,20,23). The first-order valence-electron chi connectivity index (χ1n) is 7.13. The van der Waals surface area contributed by atoms with Gasteiger partial charge in [-0.05, 0) is 48.4 Å². The Kier molecular flexibility index (Phi) is 4.41. The van der Waals surface area contributed by atoms with Crippen molar-refractivity contribution in [2.24, 2.45) is 0 Å². The molecule has 118 valence electrons. The highest BCUT2D eigenvalue weighted by Gasteiger charge is 2.26. The summed E-state index contributed by atoms with van der Waals surface area (Å²) < 4.78 is 0.869. The van der Waals surface area contributed by atoms with Crippen molar-refractivity contribution >= 4 is 50.7 Å². The SMILES string of the molecule is CC(=O)N1CCc2cc(Br)cc(NC(=O)c3ccc(Cl)cc3)c21. The van der Waals surface area contributed by atoms with Crippen molar-refractivity contribution in [3.8, 4) is 0 Å². The molecule has 23 heavy (non-hydrogen) atoms. The van der Waals surface area contributed by atoms with Gasteiger partial charge in [-0.1, -0.05) is 27.5 Å². The maximum atomic E-state index is 12.4. The van der Waals surface area contributed by atoms with E-state index in [1.807, 2.05) is 12.1 Å². The summed E-state index contributed by atoms with van der Waals surface area (Å²) >= 11 is 9.30. The predicted octanol–water partition coefficient (Wildman–Crippen LogP) is 4.26. The number of rotatable bonds is 2. The van der Waals surface area contributed by atoms with E-state index in [1.165, 1.54) is 6.92 Å². The van der Waals surface area contributed by atoms with Crippen molar-refractivity contribution in [2.45, 2.75) is 13.3 Å². The van der Waals surface area contributed by atoms with Crippen LogP contribution < -0.4 is 10.2 Å². The Morgan fingerprint density at radius 3 is 2.57 bits per heavy atom. The topological polar surface area (TPSA) is 49.4 Å². The summed E-state index contributed by atoms with van der Waals surface area (Å²) in [6.07, 6.45) is 0.776. The van der Waals surface area contributed by atoms with Crippen LogP contribution in [-0.4, -0.2) is 18.4 Å². The first-order valence-corrected chi connectivity index (χ1v) is 8.30. The van der Waals surface area contributed by atoms with Gasteiger partial charge in [-0.15, -0.1) is 0 Å². The van der Waals surface area contributed by atoms with Gasteiger partial charge in [0.2, 0.25) is 5.91 Å². The average molecular weight is 394 g/mol. The van der Waals surface area contributed by atoms with E-state index in [0.29, 0.717) is 22.8 Å². The van der Waals surface area contributed by atoms with E-state index in [4.69, 9.17) is 11.6 Å². The zero-order chi connectivity index (χ0) is 16.6. The number of nitrogens with one attached hydrogen (secondary N) is 1. The van der Waals surface area contributed by atoms with E-state index in [1.54, 1.807) is 29.2 Å². The van der Waals surface area contributed by atoms with Crippen LogP contribution in [-0.2, 0) is 11.2 Å². The maximum absolute atomic E-state index is 12.4. The molecule has 1 aliphatic rings. The molecule has 2 aromatic rings. The fraction of sp³-hybridized carbons (Fsp3) is 0.176. The summed E-state index contributed by atoms with van der Waals surface area (Å²) in [6.45, 7) is 2.16. The molecule has 0 aliphatic carbocycles. The predicted molar refractivity (Wildman–Crippen MR) is 95.3 cm³/mol. The normalized spacial score (nSPS) is 12.9. The van der Waals surface area contributed by atoms with Crippen LogP contribution >= 0.6 is 27.5 Å². The van der Waals surface area contributed by atoms with Crippen LogP contribution in [0.2, 0.25) is 5.02 Å². The number of hydrogen-bond donors (Lipinski definition) is 1. The number of anilines is 2. The minimum atomic E-state index is -0.239. The highest BCUT2D eigenvalue weighted by molar-refractivity contribution is 9.10. The second-order valence-corrected chi connectivity index (χ2v) is 6.69. The summed E-state index contributed by atoms with van der Waals surface area (Å²) in [5, 5.41) is 3.47. The minimum Gasteiger partial charge on any atom is -0.320 e. The van der Waals surface area contributed by atoms with Crippen LogP contribution in [0.4, 0.5) is 11.4 Å². The molecule has 2 aromatic carbocycles. The second-order valence-electron chi connectivity index (χ2n) is 5.34. The van der Waals surface area contributed by atoms with Gasteiger partial charge in [0.05, 0.1) is 11.4 Å². The molecule has 1 heterocycles. The molecule has 0 fully saturated rings. The molecule has 0 spiro atoms. The van der Waals surface area contributed by atoms with Crippen LogP contribution in [0.1, 0.15) is 22.8 Å². The third-order valence-electron chi connectivity index (χ3n) is 3.76. The van der Waals surface area contributed by atoms with Gasteiger partial charge < -0.3 is 10.2 Å². The van der Waals surface area contributed by atoms with Crippen molar-refractivity contribution in [1.29, 1.82) is 0 Å². The lowest BCUT2D eigenvalue weighted by atomic mass is 10.1. The molecule has 0 atom stereocenters. The summed E-state index contributed by atoms with van der Waals surface area (Å²) in [4.78, 5) is 26.0. The van der Waals surface area contributed by atoms with Gasteiger partial charge in [0.25, 0.3) is 5.91 Å². The highest BCUT2D eigenvalue weighted by Crippen LogP contribution is 2.38. The monoisotopic (exact) mass is 392 g/mol. The molecular formula is C17H14BrClN2O2. The number of fused-ring (bicyclic) bond motifs is 1. The lowest BCUT2D eigenvalue weighted by molar-refractivity contribution is -0.116. The molecule has 1 N–H and O–H groups in total. The van der Waals surface area contributed by atoms with Crippen molar-refractivity contribution in [2.75, 3.05) is 16.8 Å². The van der Waals surface area contributed by atoms with Crippen molar-refractivity contribution in [3.63, 3.8) is 0 Å². The number of nitrogens with zero attached hydrogens (tertiary/aromatic N) is 1. The van der Waals surface area contributed by atoms with E-state index in [9.17, 15) is 9.59 Å². The summed E-state index contributed by atoms with van der Waals surface area (Å²) in [7, 11) is 0. The molecule has 4 nitrogen and oxygen atoms in total. The van der Waals surface area contributed by atoms with E-state index < -0.39 is 0 Å². The smallest absolute Gasteiger partial charge is 0.255 e. The molecule has 0 bridgehead atoms. The number of amides is 2. The number of benzene rings is 2. The molecule has 6 heteroatoms. The average Bonchev–Trinajstić information content (AvgIpc) is 2.91. The third kappa shape index (κ3) is 3.26. The fourth-order valence-corrected chi connectivity index (χ4v) is 3.35. The van der Waals surface area contributed by atoms with Crippen LogP contribution in [0.5, 0.6) is 0 Å². The van der Waals surface area contributed by atoms with Crippen LogP contribution in [0.3, 0.4) is 0 Å². The fourth-order valence-electron chi connectivity index (χ4n) is 2.71. The van der Waals surface area contributed by atoms with E-state index in [-0.39, 0.29) is 11.8 Å². The highest BCUT2D eigenvalue weighted by atomic mass is 79.9. The van der Waals surface area contributed by atoms with Gasteiger partial charge in [-0.25, -0.2) is 0 Å². The number of hydrogen-bond acceptors (Lipinski definition) is 2. The third-order valence-corrected chi connectivity index (χ3v) is 4.47. The van der Waals surface area contributed by atoms with Gasteiger partial charge in [0.15, 0.2) is 0 Å². The Bertz CT molecular complexity index is 790. The lowest BCUT2D eigenvalue weighted by Crippen LogP contribution is -2.27. The Balaban J connectivity index is 1.95. The first-order chi connectivity index (χ1) is 11.0. The van der Waals surface area contributed by atoms with Crippen molar-refractivity contribution < 1.29 is 9.59 Å². The van der Waals surface area contributed by atoms with Gasteiger partial charge in [-0.3, -0.25) is 9.59 Å². The first kappa shape index (κ1) is 16.0. The Labute approximate surface area is 147 Å². The van der Waals surface area contributed by atoms with Crippen molar-refractivity contribution in [1.82, 2.24) is 0 Å². The number of carbonyl (C=O) groups excluding carboxylic acids is 2. The number of carbonyl (C=O) groups is 2. The van der Waals surface area contributed by atoms with E-state index in [2.05, 4.69) is 21.2 Å². The molecule has 0 radical (unpaired) electrons. The largest absolute Gasteiger partial charge is 0.320 e. The zero-order valence-electron chi connectivity index (χ0n) is 12.4. The van der Waals surface area contributed by atoms with Gasteiger partial charge in [0, 0.05) is 28.5 Å². The summed E-state index contributed by atoms with van der Waals surface area (Å²) in [5.74, 6) is -0.273. The molecule has 3 rings (SSSR count). The summed E-state index contributed by atoms with van der Waals surface area (Å²) in [5.41, 5.74) is 2.96. The lowest BCUT2D eigenvalue weighted by Gasteiger charge is -2.19. The van der Waals surface area contributed by atoms with E-state index in [0.717, 1.165) is 22.1 Å². The molecule has 0 unspecified atom stereocenters. The van der Waals surface area contributed by atoms with Gasteiger partial charge >= 0.3 is 0 Å². The molecule has 0 aromatic heterocycles. The summed E-state index contributed by atoms with van der Waals surface area (Å²) in [6, 6.07) is 10.5. The van der Waals surface area contributed by atoms with Crippen LogP contribution in [0, 0.1) is 0 Å².